The predicted molar refractivity (Wildman–Crippen MR) is 466 cm³/mol. The Kier molecular flexibility index (Phi) is 45.1. The number of nitrogens with one attached hydrogen (secondary N) is 2. The van der Waals surface area contributed by atoms with Gasteiger partial charge in [-0.05, 0) is 182 Å². The Balaban J connectivity index is 0.000000243. The van der Waals surface area contributed by atoms with E-state index < -0.39 is 31.7 Å². The SMILES string of the molecule is N=Nc1ccccn1.N=Nc1ccccn1.Oc1ccccc1[PH+](c1ccccc1)c1ccccc1.Oc1ccccc1[PH+](c1ccccc1)c1ccccc1.[Cl-].[Cl-].[N-]=Nc1ccccn1.[N-]=Nc1ccccn1.[O-]c1ccccc1[PH+](c1ccccc1)c1ccccc1.[O-]c1ccccc1[PH+](c1ccccc1)c1ccccc1.[Re].[Re]. The van der Waals surface area contributed by atoms with Crippen LogP contribution >= 0.6 is 31.7 Å². The Morgan fingerprint density at radius 2 is 0.405 bits per heavy atom. The molecule has 0 saturated carbocycles. The third-order valence-electron chi connectivity index (χ3n) is 16.2. The maximum absolute atomic E-state index is 12.2. The molecule has 4 heterocycles. The number of aromatic nitrogens is 4. The van der Waals surface area contributed by atoms with Gasteiger partial charge in [-0.15, -0.1) is 10.2 Å². The summed E-state index contributed by atoms with van der Waals surface area (Å²) < 4.78 is 0. The second-order valence-electron chi connectivity index (χ2n) is 23.6. The first-order valence-corrected chi connectivity index (χ1v) is 41.3. The number of aromatic hydroxyl groups is 2. The van der Waals surface area contributed by atoms with Gasteiger partial charge in [-0.25, -0.2) is 31.0 Å². The molecule has 4 N–H and O–H groups in total. The molecular weight excluding hydrogens is 1900 g/mol. The molecule has 16 rings (SSSR count). The van der Waals surface area contributed by atoms with Gasteiger partial charge in [0, 0.05) is 65.6 Å². The molecule has 0 atom stereocenters. The minimum absolute atomic E-state index is 0. The zero-order chi connectivity index (χ0) is 78.4. The van der Waals surface area contributed by atoms with Gasteiger partial charge in [-0.2, -0.15) is 0 Å². The van der Waals surface area contributed by atoms with Gasteiger partial charge in [-0.3, -0.25) is 0 Å². The van der Waals surface area contributed by atoms with Crippen LogP contribution in [0.25, 0.3) is 11.1 Å². The number of phenols is 2. The van der Waals surface area contributed by atoms with Crippen molar-refractivity contribution >= 4 is 119 Å². The van der Waals surface area contributed by atoms with Crippen LogP contribution in [0.2, 0.25) is 0 Å². The summed E-state index contributed by atoms with van der Waals surface area (Å²) in [7, 11) is -4.75. The summed E-state index contributed by atoms with van der Waals surface area (Å²) in [5, 5.41) is 70.9. The van der Waals surface area contributed by atoms with E-state index in [2.05, 4.69) is 186 Å². The molecular formula is C92H80Cl2N12O4P4Re2-2. The van der Waals surface area contributed by atoms with E-state index >= 15 is 0 Å². The van der Waals surface area contributed by atoms with Gasteiger partial charge in [-0.1, -0.05) is 242 Å². The average molecular weight is 1980 g/mol. The van der Waals surface area contributed by atoms with E-state index in [1.54, 1.807) is 134 Å². The first-order valence-electron chi connectivity index (χ1n) is 35.3. The number of rotatable bonds is 16. The van der Waals surface area contributed by atoms with Crippen LogP contribution < -0.4 is 98.7 Å². The van der Waals surface area contributed by atoms with Crippen molar-refractivity contribution in [3.8, 4) is 23.0 Å². The average Bonchev–Trinajstić information content (AvgIpc) is 0.826. The van der Waals surface area contributed by atoms with Gasteiger partial charge in [0.15, 0.2) is 23.1 Å². The number of para-hydroxylation sites is 4. The largest absolute Gasteiger partial charge is 1.00 e. The maximum Gasteiger partial charge on any atom is 0.173 e. The molecule has 16 aromatic rings. The zero-order valence-corrected chi connectivity index (χ0v) is 73.2. The van der Waals surface area contributed by atoms with Crippen LogP contribution in [-0.4, -0.2) is 30.1 Å². The van der Waals surface area contributed by atoms with Gasteiger partial charge in [0.05, 0.1) is 26.5 Å². The molecule has 0 unspecified atom stereocenters. The molecule has 116 heavy (non-hydrogen) atoms. The van der Waals surface area contributed by atoms with Crippen LogP contribution in [0.3, 0.4) is 0 Å². The summed E-state index contributed by atoms with van der Waals surface area (Å²) in [6, 6.07) is 134. The number of phenolic OH excluding ortho intramolecular Hbond substituents is 2. The molecule has 0 aliphatic rings. The molecule has 16 nitrogen and oxygen atoms in total. The Morgan fingerprint density at radius 1 is 0.233 bits per heavy atom. The third-order valence-corrected chi connectivity index (χ3v) is 27.3. The number of pyridine rings is 4. The fourth-order valence-corrected chi connectivity index (χ4v) is 21.5. The molecule has 2 radical (unpaired) electrons. The summed E-state index contributed by atoms with van der Waals surface area (Å²) in [4.78, 5) is 14.8. The number of hydrogen-bond acceptors (Lipinski definition) is 14. The first kappa shape index (κ1) is 95.1. The standard InChI is InChI=1S/4C18H15OP.2C5H5N3.2C5H4N3.2ClH.2Re/c4*19-17-13-7-8-14-18(17)20(15-9-3-1-4-10-15)16-11-5-2-6-12-16;4*6-8-5-3-1-2-4-7-5;;;;/h4*1-14,19H;2*1-4,6H;2*1-4H;2*1H;;/q;;;;;;2*-1;;;;. The summed E-state index contributed by atoms with van der Waals surface area (Å²) in [6.45, 7) is 0. The maximum atomic E-state index is 12.2. The molecule has 0 aliphatic heterocycles. The van der Waals surface area contributed by atoms with Gasteiger partial charge in [0.25, 0.3) is 0 Å². The van der Waals surface area contributed by atoms with Crippen molar-refractivity contribution in [3.63, 3.8) is 0 Å². The fraction of sp³-hybridized carbons (Fsp3) is 0. The molecule has 24 heteroatoms. The Bertz CT molecular complexity index is 4530. The molecule has 0 amide bonds. The van der Waals surface area contributed by atoms with Crippen molar-refractivity contribution in [3.05, 3.63) is 448 Å². The van der Waals surface area contributed by atoms with Crippen molar-refractivity contribution in [2.24, 2.45) is 20.5 Å². The minimum Gasteiger partial charge on any atom is -1.00 e. The van der Waals surface area contributed by atoms with Crippen molar-refractivity contribution < 1.29 is 86.1 Å². The summed E-state index contributed by atoms with van der Waals surface area (Å²) in [5.74, 6) is 2.62. The van der Waals surface area contributed by atoms with Gasteiger partial charge in [0.1, 0.15) is 80.5 Å². The first-order chi connectivity index (χ1) is 55.2. The molecule has 4 aromatic heterocycles. The Labute approximate surface area is 721 Å². The molecule has 582 valence electrons. The van der Waals surface area contributed by atoms with Crippen LogP contribution in [0.5, 0.6) is 23.0 Å². The van der Waals surface area contributed by atoms with E-state index in [1.807, 2.05) is 158 Å². The van der Waals surface area contributed by atoms with E-state index in [9.17, 15) is 20.4 Å². The van der Waals surface area contributed by atoms with E-state index in [1.165, 1.54) is 42.4 Å². The molecule has 0 aliphatic carbocycles. The van der Waals surface area contributed by atoms with Crippen molar-refractivity contribution in [2.75, 3.05) is 0 Å². The quantitative estimate of drug-likeness (QED) is 0.0532. The molecule has 0 fully saturated rings. The normalized spacial score (nSPS) is 9.69. The van der Waals surface area contributed by atoms with Gasteiger partial charge in [0.2, 0.25) is 0 Å². The zero-order valence-electron chi connectivity index (χ0n) is 62.3. The van der Waals surface area contributed by atoms with E-state index in [-0.39, 0.29) is 77.2 Å². The Hall–Kier alpha value is -11.5. The van der Waals surface area contributed by atoms with Crippen LogP contribution in [0, 0.1) is 11.1 Å². The second kappa shape index (κ2) is 55.1. The molecule has 12 aromatic carbocycles. The predicted octanol–water partition coefficient (Wildman–Crippen LogP) is 11.2. The summed E-state index contributed by atoms with van der Waals surface area (Å²) >= 11 is 0. The second-order valence-corrected chi connectivity index (χ2v) is 33.4. The van der Waals surface area contributed by atoms with Crippen molar-refractivity contribution in [2.45, 2.75) is 0 Å². The van der Waals surface area contributed by atoms with Crippen LogP contribution in [0.15, 0.2) is 458 Å². The fourth-order valence-electron chi connectivity index (χ4n) is 11.1. The number of nitrogens with zero attached hydrogens (tertiary/aromatic N) is 10. The van der Waals surface area contributed by atoms with E-state index in [0.717, 1.165) is 21.2 Å². The Morgan fingerprint density at radius 3 is 0.569 bits per heavy atom. The molecule has 0 bridgehead atoms. The van der Waals surface area contributed by atoms with Crippen molar-refractivity contribution in [1.82, 2.24) is 19.9 Å². The molecule has 0 saturated heterocycles. The van der Waals surface area contributed by atoms with Crippen LogP contribution in [0.4, 0.5) is 23.3 Å². The van der Waals surface area contributed by atoms with Gasteiger partial charge >= 0.3 is 0 Å². The van der Waals surface area contributed by atoms with Crippen LogP contribution in [0.1, 0.15) is 0 Å². The van der Waals surface area contributed by atoms with Gasteiger partial charge < -0.3 is 66.5 Å². The minimum atomic E-state index is -1.22. The van der Waals surface area contributed by atoms with Crippen LogP contribution in [-0.2, 0) is 40.8 Å². The van der Waals surface area contributed by atoms with Crippen molar-refractivity contribution in [1.29, 1.82) is 11.1 Å². The number of halogens is 2. The topological polar surface area (TPSA) is 280 Å². The van der Waals surface area contributed by atoms with E-state index in [0.29, 0.717) is 34.8 Å². The monoisotopic (exact) mass is 1980 g/mol. The smallest absolute Gasteiger partial charge is 0.173 e. The molecule has 0 spiro atoms. The number of benzene rings is 12. The van der Waals surface area contributed by atoms with E-state index in [4.69, 9.17) is 22.1 Å². The summed E-state index contributed by atoms with van der Waals surface area (Å²) in [6.07, 6.45) is 6.34. The number of hydrogen-bond donors (Lipinski definition) is 4. The summed E-state index contributed by atoms with van der Waals surface area (Å²) in [5.41, 5.74) is 29.2. The third kappa shape index (κ3) is 31.0.